The molecular weight excluding hydrogens is 400 g/mol. The van der Waals surface area contributed by atoms with Crippen molar-refractivity contribution >= 4 is 45.0 Å². The van der Waals surface area contributed by atoms with Gasteiger partial charge in [0.1, 0.15) is 10.6 Å². The van der Waals surface area contributed by atoms with Gasteiger partial charge in [-0.1, -0.05) is 42.1 Å². The van der Waals surface area contributed by atoms with Crippen LogP contribution < -0.4 is 10.2 Å². The number of carbonyl (C=O) groups is 1. The fourth-order valence-electron chi connectivity index (χ4n) is 3.66. The lowest BCUT2D eigenvalue weighted by molar-refractivity contribution is 0.0942. The zero-order valence-corrected chi connectivity index (χ0v) is 18.5. The van der Waals surface area contributed by atoms with E-state index in [1.165, 1.54) is 29.7 Å². The first-order chi connectivity index (χ1) is 14.1. The lowest BCUT2D eigenvalue weighted by Gasteiger charge is -2.17. The number of rotatable bonds is 7. The Bertz CT molecular complexity index is 983. The third-order valence-corrected chi connectivity index (χ3v) is 6.83. The molecule has 1 saturated heterocycles. The molecule has 152 valence electrons. The SMILES string of the molecule is CSc1nc(N2CCCC2)c2cc(C(=O)N[C@@H](C)CCc3ccccc3)sc2n1. The summed E-state index contributed by atoms with van der Waals surface area (Å²) in [6.45, 7) is 4.11. The Morgan fingerprint density at radius 3 is 2.72 bits per heavy atom. The highest BCUT2D eigenvalue weighted by Gasteiger charge is 2.22. The van der Waals surface area contributed by atoms with Gasteiger partial charge in [-0.2, -0.15) is 0 Å². The van der Waals surface area contributed by atoms with Gasteiger partial charge in [0.25, 0.3) is 5.91 Å². The van der Waals surface area contributed by atoms with Crippen molar-refractivity contribution in [3.63, 3.8) is 0 Å². The molecule has 1 aliphatic heterocycles. The highest BCUT2D eigenvalue weighted by atomic mass is 32.2. The average molecular weight is 427 g/mol. The van der Waals surface area contributed by atoms with Crippen molar-refractivity contribution in [1.29, 1.82) is 0 Å². The number of aryl methyl sites for hydroxylation is 1. The van der Waals surface area contributed by atoms with Crippen molar-refractivity contribution in [3.05, 3.63) is 46.8 Å². The van der Waals surface area contributed by atoms with Crippen LogP contribution in [0.3, 0.4) is 0 Å². The molecule has 2 aromatic heterocycles. The van der Waals surface area contributed by atoms with Gasteiger partial charge in [0.05, 0.1) is 10.3 Å². The first kappa shape index (κ1) is 20.2. The van der Waals surface area contributed by atoms with E-state index in [1.807, 2.05) is 18.4 Å². The lowest BCUT2D eigenvalue weighted by atomic mass is 10.1. The summed E-state index contributed by atoms with van der Waals surface area (Å²) < 4.78 is 0. The van der Waals surface area contributed by atoms with Crippen LogP contribution in [0.4, 0.5) is 5.82 Å². The van der Waals surface area contributed by atoms with Crippen molar-refractivity contribution in [2.75, 3.05) is 24.2 Å². The number of aromatic nitrogens is 2. The number of nitrogens with one attached hydrogen (secondary N) is 1. The molecule has 1 fully saturated rings. The first-order valence-electron chi connectivity index (χ1n) is 10.1. The van der Waals surface area contributed by atoms with Crippen LogP contribution in [-0.4, -0.2) is 41.3 Å². The standard InChI is InChI=1S/C22H26N4OS2/c1-15(10-11-16-8-4-3-5-9-16)23-20(27)18-14-17-19(26-12-6-7-13-26)24-22(28-2)25-21(17)29-18/h3-5,8-9,14-15H,6-7,10-13H2,1-2H3,(H,23,27)/t15-/m0/s1. The van der Waals surface area contributed by atoms with Crippen LogP contribution in [0.5, 0.6) is 0 Å². The molecule has 1 N–H and O–H groups in total. The van der Waals surface area contributed by atoms with Gasteiger partial charge in [0.15, 0.2) is 5.16 Å². The number of nitrogens with zero attached hydrogens (tertiary/aromatic N) is 3. The zero-order chi connectivity index (χ0) is 20.2. The number of thioether (sulfide) groups is 1. The second-order valence-electron chi connectivity index (χ2n) is 7.46. The van der Waals surface area contributed by atoms with Crippen molar-refractivity contribution in [2.24, 2.45) is 0 Å². The fourth-order valence-corrected chi connectivity index (χ4v) is 5.00. The minimum atomic E-state index is -0.0216. The Balaban J connectivity index is 1.49. The maximum Gasteiger partial charge on any atom is 0.261 e. The summed E-state index contributed by atoms with van der Waals surface area (Å²) in [6.07, 6.45) is 6.24. The Kier molecular flexibility index (Phi) is 6.35. The number of hydrogen-bond donors (Lipinski definition) is 1. The molecule has 0 bridgehead atoms. The van der Waals surface area contributed by atoms with E-state index in [9.17, 15) is 4.79 Å². The van der Waals surface area contributed by atoms with E-state index in [-0.39, 0.29) is 11.9 Å². The quantitative estimate of drug-likeness (QED) is 0.436. The zero-order valence-electron chi connectivity index (χ0n) is 16.9. The molecule has 0 spiro atoms. The van der Waals surface area contributed by atoms with Crippen LogP contribution in [0.2, 0.25) is 0 Å². The molecule has 0 saturated carbocycles. The van der Waals surface area contributed by atoms with Gasteiger partial charge in [-0.25, -0.2) is 9.97 Å². The topological polar surface area (TPSA) is 58.1 Å². The Morgan fingerprint density at radius 2 is 2.00 bits per heavy atom. The smallest absolute Gasteiger partial charge is 0.261 e. The Hall–Kier alpha value is -2.12. The van der Waals surface area contributed by atoms with Crippen LogP contribution >= 0.6 is 23.1 Å². The van der Waals surface area contributed by atoms with Gasteiger partial charge in [0.2, 0.25) is 0 Å². The van der Waals surface area contributed by atoms with E-state index in [2.05, 4.69) is 46.4 Å². The number of benzene rings is 1. The largest absolute Gasteiger partial charge is 0.356 e. The number of amides is 1. The molecule has 5 nitrogen and oxygen atoms in total. The maximum absolute atomic E-state index is 12.9. The fraction of sp³-hybridized carbons (Fsp3) is 0.409. The third kappa shape index (κ3) is 4.73. The molecule has 1 aromatic carbocycles. The second kappa shape index (κ2) is 9.13. The second-order valence-corrected chi connectivity index (χ2v) is 9.26. The highest BCUT2D eigenvalue weighted by Crippen LogP contribution is 2.34. The number of hydrogen-bond acceptors (Lipinski definition) is 6. The number of carbonyl (C=O) groups excluding carboxylic acids is 1. The van der Waals surface area contributed by atoms with Gasteiger partial charge in [0, 0.05) is 19.1 Å². The van der Waals surface area contributed by atoms with Crippen LogP contribution in [0.1, 0.15) is 41.4 Å². The van der Waals surface area contributed by atoms with Crippen LogP contribution in [0.15, 0.2) is 41.6 Å². The molecule has 0 unspecified atom stereocenters. The van der Waals surface area contributed by atoms with E-state index in [4.69, 9.17) is 4.98 Å². The van der Waals surface area contributed by atoms with Crippen molar-refractivity contribution in [2.45, 2.75) is 43.8 Å². The molecule has 0 radical (unpaired) electrons. The van der Waals surface area contributed by atoms with E-state index in [0.29, 0.717) is 4.88 Å². The monoisotopic (exact) mass is 426 g/mol. The normalized spacial score (nSPS) is 15.0. The van der Waals surface area contributed by atoms with Gasteiger partial charge in [-0.05, 0) is 50.5 Å². The summed E-state index contributed by atoms with van der Waals surface area (Å²) >= 11 is 3.01. The van der Waals surface area contributed by atoms with Gasteiger partial charge in [-0.3, -0.25) is 4.79 Å². The molecule has 7 heteroatoms. The average Bonchev–Trinajstić information content (AvgIpc) is 3.42. The molecule has 1 amide bonds. The van der Waals surface area contributed by atoms with Crippen LogP contribution in [0.25, 0.3) is 10.2 Å². The van der Waals surface area contributed by atoms with E-state index >= 15 is 0 Å². The Labute approximate surface area is 179 Å². The lowest BCUT2D eigenvalue weighted by Crippen LogP contribution is -2.32. The minimum Gasteiger partial charge on any atom is -0.356 e. The molecular formula is C22H26N4OS2. The third-order valence-electron chi connectivity index (χ3n) is 5.25. The number of thiophene rings is 1. The maximum atomic E-state index is 12.9. The number of fused-ring (bicyclic) bond motifs is 1. The summed E-state index contributed by atoms with van der Waals surface area (Å²) in [7, 11) is 0. The molecule has 1 atom stereocenters. The molecule has 0 aliphatic carbocycles. The predicted octanol–water partition coefficient (Wildman–Crippen LogP) is 4.76. The van der Waals surface area contributed by atoms with Crippen LogP contribution in [-0.2, 0) is 6.42 Å². The predicted molar refractivity (Wildman–Crippen MR) is 122 cm³/mol. The molecule has 3 aromatic rings. The van der Waals surface area contributed by atoms with E-state index < -0.39 is 0 Å². The van der Waals surface area contributed by atoms with Gasteiger partial charge in [-0.15, -0.1) is 11.3 Å². The van der Waals surface area contributed by atoms with Gasteiger partial charge >= 0.3 is 0 Å². The molecule has 3 heterocycles. The summed E-state index contributed by atoms with van der Waals surface area (Å²) in [5.41, 5.74) is 1.30. The first-order valence-corrected chi connectivity index (χ1v) is 12.1. The molecule has 4 rings (SSSR count). The Morgan fingerprint density at radius 1 is 1.24 bits per heavy atom. The highest BCUT2D eigenvalue weighted by molar-refractivity contribution is 7.98. The summed E-state index contributed by atoms with van der Waals surface area (Å²) in [5, 5.41) is 4.91. The van der Waals surface area contributed by atoms with Crippen molar-refractivity contribution < 1.29 is 4.79 Å². The van der Waals surface area contributed by atoms with Gasteiger partial charge < -0.3 is 10.2 Å². The van der Waals surface area contributed by atoms with Crippen molar-refractivity contribution in [3.8, 4) is 0 Å². The minimum absolute atomic E-state index is 0.0216. The van der Waals surface area contributed by atoms with Crippen molar-refractivity contribution in [1.82, 2.24) is 15.3 Å². The summed E-state index contributed by atoms with van der Waals surface area (Å²) in [5.74, 6) is 0.955. The van der Waals surface area contributed by atoms with E-state index in [1.54, 1.807) is 11.8 Å². The summed E-state index contributed by atoms with van der Waals surface area (Å²) in [4.78, 5) is 26.2. The van der Waals surface area contributed by atoms with E-state index in [0.717, 1.165) is 47.1 Å². The summed E-state index contributed by atoms with van der Waals surface area (Å²) in [6, 6.07) is 12.5. The van der Waals surface area contributed by atoms with Crippen LogP contribution in [0, 0.1) is 0 Å². The molecule has 29 heavy (non-hydrogen) atoms. The molecule has 1 aliphatic rings. The number of anilines is 1.